The van der Waals surface area contributed by atoms with Crippen LogP contribution in [0.2, 0.25) is 0 Å². The van der Waals surface area contributed by atoms with E-state index >= 15 is 0 Å². The van der Waals surface area contributed by atoms with Gasteiger partial charge in [-0.05, 0) is 61.6 Å². The summed E-state index contributed by atoms with van der Waals surface area (Å²) in [7, 11) is 0. The molecule has 178 valence electrons. The minimum Gasteiger partial charge on any atom is -0.353 e. The number of rotatable bonds is 3. The molecule has 3 atom stereocenters. The number of fused-ring (bicyclic) bond motifs is 3. The average molecular weight is 481 g/mol. The van der Waals surface area contributed by atoms with E-state index in [2.05, 4.69) is 15.5 Å². The second-order valence-corrected chi connectivity index (χ2v) is 11.0. The number of halogens is 2. The van der Waals surface area contributed by atoms with E-state index in [-0.39, 0.29) is 11.6 Å². The van der Waals surface area contributed by atoms with Gasteiger partial charge in [0.05, 0.1) is 16.4 Å². The molecule has 4 aliphatic rings. The number of benzene rings is 2. The molecule has 1 aliphatic carbocycles. The van der Waals surface area contributed by atoms with Crippen LogP contribution in [-0.2, 0) is 6.42 Å². The van der Waals surface area contributed by atoms with Crippen molar-refractivity contribution in [3.05, 3.63) is 70.3 Å². The zero-order valence-electron chi connectivity index (χ0n) is 19.2. The Labute approximate surface area is 203 Å². The first-order chi connectivity index (χ1) is 16.6. The molecule has 6 rings (SSSR count). The summed E-state index contributed by atoms with van der Waals surface area (Å²) in [4.78, 5) is 7.62. The molecule has 2 aromatic carbocycles. The van der Waals surface area contributed by atoms with Gasteiger partial charge in [0.15, 0.2) is 0 Å². The zero-order valence-corrected chi connectivity index (χ0v) is 20.0. The van der Waals surface area contributed by atoms with Crippen molar-refractivity contribution in [3.63, 3.8) is 0 Å². The summed E-state index contributed by atoms with van der Waals surface area (Å²) < 4.78 is 27.3. The van der Waals surface area contributed by atoms with Crippen LogP contribution in [0.4, 0.5) is 20.2 Å². The molecule has 0 aromatic heterocycles. The van der Waals surface area contributed by atoms with Crippen LogP contribution in [0.25, 0.3) is 0 Å². The quantitative estimate of drug-likeness (QED) is 0.579. The van der Waals surface area contributed by atoms with Crippen molar-refractivity contribution in [1.82, 2.24) is 10.2 Å². The molecule has 3 aliphatic heterocycles. The molecule has 3 heterocycles. The third kappa shape index (κ3) is 4.36. The fourth-order valence-electron chi connectivity index (χ4n) is 5.76. The second kappa shape index (κ2) is 9.34. The van der Waals surface area contributed by atoms with Crippen molar-refractivity contribution in [2.75, 3.05) is 25.0 Å². The van der Waals surface area contributed by atoms with Gasteiger partial charge in [-0.1, -0.05) is 25.0 Å². The predicted octanol–water partition coefficient (Wildman–Crippen LogP) is 5.84. The number of aryl methyl sites for hydroxylation is 1. The van der Waals surface area contributed by atoms with Crippen LogP contribution in [-0.4, -0.2) is 41.7 Å². The van der Waals surface area contributed by atoms with E-state index in [0.29, 0.717) is 17.2 Å². The topological polar surface area (TPSA) is 39.7 Å². The molecule has 2 N–H and O–H groups in total. The smallest absolute Gasteiger partial charge is 0.135 e. The largest absolute Gasteiger partial charge is 0.353 e. The number of anilines is 1. The Bertz CT molecular complexity index is 1130. The number of nitrogens with one attached hydrogen (secondary N) is 2. The molecule has 34 heavy (non-hydrogen) atoms. The summed E-state index contributed by atoms with van der Waals surface area (Å²) in [5.41, 5.74) is 4.07. The SMILES string of the molecule is Fc1ccc(CC[C@H]2CN(C3=Nc4ccc(F)cc4NC4=C3C3CCCCC3S4)CCN2)cc1. The highest BCUT2D eigenvalue weighted by molar-refractivity contribution is 8.04. The summed E-state index contributed by atoms with van der Waals surface area (Å²) in [6, 6.07) is 12.0. The van der Waals surface area contributed by atoms with Gasteiger partial charge >= 0.3 is 0 Å². The minimum atomic E-state index is -0.240. The van der Waals surface area contributed by atoms with Gasteiger partial charge in [-0.2, -0.15) is 0 Å². The summed E-state index contributed by atoms with van der Waals surface area (Å²) in [6.45, 7) is 2.69. The molecule has 7 heteroatoms. The summed E-state index contributed by atoms with van der Waals surface area (Å²) >= 11 is 1.93. The van der Waals surface area contributed by atoms with Crippen molar-refractivity contribution in [2.24, 2.45) is 10.9 Å². The lowest BCUT2D eigenvalue weighted by molar-refractivity contribution is 0.279. The van der Waals surface area contributed by atoms with Gasteiger partial charge in [0.1, 0.15) is 17.5 Å². The molecule has 2 fully saturated rings. The van der Waals surface area contributed by atoms with Gasteiger partial charge in [-0.15, -0.1) is 11.8 Å². The standard InChI is InChI=1S/C27H30F2N4S/c28-18-8-5-17(6-9-18)7-11-20-16-33(14-13-30-20)26-25-21-3-1-2-4-24(21)34-27(25)32-23-15-19(29)10-12-22(23)31-26/h5-6,8-10,12,15,20-21,24,30,32H,1-4,7,11,13-14,16H2/t20-,21?,24?/m0/s1. The lowest BCUT2D eigenvalue weighted by Gasteiger charge is -2.38. The van der Waals surface area contributed by atoms with E-state index in [1.54, 1.807) is 12.1 Å². The van der Waals surface area contributed by atoms with Crippen LogP contribution in [0.3, 0.4) is 0 Å². The van der Waals surface area contributed by atoms with Gasteiger partial charge in [0, 0.05) is 42.4 Å². The molecule has 1 saturated heterocycles. The molecular weight excluding hydrogens is 450 g/mol. The fraction of sp³-hybridized carbons (Fsp3) is 0.444. The van der Waals surface area contributed by atoms with Crippen LogP contribution >= 0.6 is 11.8 Å². The monoisotopic (exact) mass is 480 g/mol. The molecule has 0 amide bonds. The van der Waals surface area contributed by atoms with E-state index < -0.39 is 0 Å². The predicted molar refractivity (Wildman–Crippen MR) is 136 cm³/mol. The Morgan fingerprint density at radius 2 is 1.85 bits per heavy atom. The molecule has 4 nitrogen and oxygen atoms in total. The molecule has 0 radical (unpaired) electrons. The van der Waals surface area contributed by atoms with Crippen LogP contribution in [0.1, 0.15) is 37.7 Å². The minimum absolute atomic E-state index is 0.189. The van der Waals surface area contributed by atoms with E-state index in [4.69, 9.17) is 4.99 Å². The van der Waals surface area contributed by atoms with Crippen molar-refractivity contribution in [2.45, 2.75) is 49.8 Å². The Kier molecular flexibility index (Phi) is 6.08. The molecule has 2 unspecified atom stereocenters. The number of aliphatic imine (C=N–C) groups is 1. The number of amidine groups is 1. The Morgan fingerprint density at radius 1 is 1.03 bits per heavy atom. The van der Waals surface area contributed by atoms with Crippen molar-refractivity contribution >= 4 is 29.0 Å². The van der Waals surface area contributed by atoms with Gasteiger partial charge in [0.2, 0.25) is 0 Å². The highest BCUT2D eigenvalue weighted by atomic mass is 32.2. The van der Waals surface area contributed by atoms with Crippen molar-refractivity contribution in [3.8, 4) is 0 Å². The normalized spacial score (nSPS) is 26.2. The maximum absolute atomic E-state index is 14.1. The number of piperazine rings is 1. The summed E-state index contributed by atoms with van der Waals surface area (Å²) in [5.74, 6) is 1.15. The van der Waals surface area contributed by atoms with E-state index in [0.717, 1.165) is 55.2 Å². The lowest BCUT2D eigenvalue weighted by Crippen LogP contribution is -2.53. The zero-order chi connectivity index (χ0) is 23.1. The van der Waals surface area contributed by atoms with Crippen molar-refractivity contribution < 1.29 is 8.78 Å². The number of nitrogens with zero attached hydrogens (tertiary/aromatic N) is 2. The van der Waals surface area contributed by atoms with Crippen molar-refractivity contribution in [1.29, 1.82) is 0 Å². The fourth-order valence-corrected chi connectivity index (χ4v) is 7.32. The first-order valence-electron chi connectivity index (χ1n) is 12.4. The Morgan fingerprint density at radius 3 is 2.74 bits per heavy atom. The second-order valence-electron chi connectivity index (χ2n) is 9.77. The average Bonchev–Trinajstić information content (AvgIpc) is 3.13. The van der Waals surface area contributed by atoms with Crippen LogP contribution in [0, 0.1) is 17.6 Å². The molecule has 2 aromatic rings. The summed E-state index contributed by atoms with van der Waals surface area (Å²) in [6.07, 6.45) is 6.87. The number of hydrogen-bond acceptors (Lipinski definition) is 5. The van der Waals surface area contributed by atoms with Crippen LogP contribution < -0.4 is 10.6 Å². The molecule has 0 spiro atoms. The first-order valence-corrected chi connectivity index (χ1v) is 13.3. The molecular formula is C27H30F2N4S. The van der Waals surface area contributed by atoms with Gasteiger partial charge in [-0.25, -0.2) is 13.8 Å². The van der Waals surface area contributed by atoms with Gasteiger partial charge in [0.25, 0.3) is 0 Å². The molecule has 1 saturated carbocycles. The van der Waals surface area contributed by atoms with E-state index in [1.165, 1.54) is 54.5 Å². The van der Waals surface area contributed by atoms with E-state index in [1.807, 2.05) is 23.9 Å². The Balaban J connectivity index is 1.28. The Hall–Kier alpha value is -2.38. The highest BCUT2D eigenvalue weighted by Gasteiger charge is 2.42. The number of thioether (sulfide) groups is 1. The third-order valence-electron chi connectivity index (χ3n) is 7.51. The summed E-state index contributed by atoms with van der Waals surface area (Å²) in [5, 5.41) is 8.99. The maximum Gasteiger partial charge on any atom is 0.135 e. The third-order valence-corrected chi connectivity index (χ3v) is 8.94. The molecule has 0 bridgehead atoms. The van der Waals surface area contributed by atoms with Crippen LogP contribution in [0.5, 0.6) is 0 Å². The van der Waals surface area contributed by atoms with Gasteiger partial charge < -0.3 is 15.5 Å². The highest BCUT2D eigenvalue weighted by Crippen LogP contribution is 2.51. The lowest BCUT2D eigenvalue weighted by atomic mass is 9.83. The number of hydrogen-bond donors (Lipinski definition) is 2. The van der Waals surface area contributed by atoms with Crippen LogP contribution in [0.15, 0.2) is 58.1 Å². The van der Waals surface area contributed by atoms with Gasteiger partial charge in [-0.3, -0.25) is 0 Å². The van der Waals surface area contributed by atoms with E-state index in [9.17, 15) is 8.78 Å². The maximum atomic E-state index is 14.1. The first kappa shape index (κ1) is 22.1.